The second kappa shape index (κ2) is 5.28. The molecule has 2 heteroatoms. The molecule has 0 radical (unpaired) electrons. The van der Waals surface area contributed by atoms with E-state index in [1.807, 2.05) is 60.7 Å². The van der Waals surface area contributed by atoms with E-state index in [0.29, 0.717) is 0 Å². The van der Waals surface area contributed by atoms with Gasteiger partial charge in [-0.1, -0.05) is 67.1 Å². The number of benzene rings is 2. The van der Waals surface area contributed by atoms with Crippen molar-refractivity contribution in [2.75, 3.05) is 0 Å². The molecule has 22 heavy (non-hydrogen) atoms. The quantitative estimate of drug-likeness (QED) is 0.780. The maximum absolute atomic E-state index is 13.1. The Morgan fingerprint density at radius 3 is 2.14 bits per heavy atom. The molecule has 1 aliphatic heterocycles. The number of carbonyl (C=O) groups is 1. The van der Waals surface area contributed by atoms with Crippen molar-refractivity contribution in [1.82, 2.24) is 0 Å². The highest BCUT2D eigenvalue weighted by atomic mass is 16.6. The van der Waals surface area contributed by atoms with E-state index in [9.17, 15) is 4.79 Å². The summed E-state index contributed by atoms with van der Waals surface area (Å²) in [6.45, 7) is 0. The Hall–Kier alpha value is -2.09. The molecule has 1 heterocycles. The summed E-state index contributed by atoms with van der Waals surface area (Å²) < 4.78 is 14.1. The molecule has 2 aromatic rings. The van der Waals surface area contributed by atoms with Crippen LogP contribution in [0.2, 0.25) is 0 Å². The van der Waals surface area contributed by atoms with Crippen molar-refractivity contribution in [2.45, 2.75) is 37.2 Å². The molecule has 2 fully saturated rings. The van der Waals surface area contributed by atoms with Gasteiger partial charge in [-0.25, -0.2) is 0 Å². The topological polar surface area (TPSA) is 26.3 Å². The van der Waals surface area contributed by atoms with Gasteiger partial charge in [-0.15, -0.1) is 0 Å². The van der Waals surface area contributed by atoms with Gasteiger partial charge in [0.2, 0.25) is 0 Å². The fourth-order valence-electron chi connectivity index (χ4n) is 4.14. The Morgan fingerprint density at radius 1 is 0.955 bits per heavy atom. The largest absolute Gasteiger partial charge is 0.461 e. The van der Waals surface area contributed by atoms with E-state index in [4.69, 9.17) is 6.11 Å². The van der Waals surface area contributed by atoms with Crippen molar-refractivity contribution < 1.29 is 10.9 Å². The van der Waals surface area contributed by atoms with Crippen LogP contribution < -0.4 is 0 Å². The van der Waals surface area contributed by atoms with Gasteiger partial charge in [0.05, 0.1) is 0 Å². The summed E-state index contributed by atoms with van der Waals surface area (Å²) in [4.78, 5) is 13.1. The molecule has 1 saturated heterocycles. The van der Waals surface area contributed by atoms with E-state index in [1.54, 1.807) is 0 Å². The minimum atomic E-state index is -0.771. The van der Waals surface area contributed by atoms with Crippen molar-refractivity contribution in [3.8, 4) is 0 Å². The number of hydrogen-bond donors (Lipinski definition) is 0. The molecule has 0 unspecified atom stereocenters. The van der Waals surface area contributed by atoms with Crippen LogP contribution in [0.1, 0.15) is 38.2 Å². The number of ether oxygens (including phenoxy) is 1. The Kier molecular flexibility index (Phi) is 2.99. The van der Waals surface area contributed by atoms with Crippen LogP contribution in [0.15, 0.2) is 60.7 Å². The third-order valence-electron chi connectivity index (χ3n) is 5.09. The minimum absolute atomic E-state index is 0.0380. The molecule has 0 spiro atoms. The summed E-state index contributed by atoms with van der Waals surface area (Å²) in [6, 6.07) is 19.9. The van der Waals surface area contributed by atoms with Gasteiger partial charge in [-0.05, 0) is 30.4 Å². The normalized spacial score (nSPS) is 30.3. The fraction of sp³-hybridized carbons (Fsp3) is 0.350. The Balaban J connectivity index is 1.95. The van der Waals surface area contributed by atoms with Gasteiger partial charge < -0.3 is 4.74 Å². The highest BCUT2D eigenvalue weighted by molar-refractivity contribution is 5.90. The molecule has 0 aromatic heterocycles. The monoisotopic (exact) mass is 293 g/mol. The average molecular weight is 293 g/mol. The Bertz CT molecular complexity index is 659. The zero-order valence-electron chi connectivity index (χ0n) is 13.4. The Labute approximate surface area is 132 Å². The summed E-state index contributed by atoms with van der Waals surface area (Å²) in [5.41, 5.74) is 1.20. The lowest BCUT2D eigenvalue weighted by atomic mass is 9.62. The lowest BCUT2D eigenvalue weighted by Gasteiger charge is -2.35. The van der Waals surface area contributed by atoms with Gasteiger partial charge in [-0.2, -0.15) is 0 Å². The van der Waals surface area contributed by atoms with Crippen LogP contribution in [0.25, 0.3) is 0 Å². The third kappa shape index (κ3) is 1.83. The lowest BCUT2D eigenvalue weighted by Crippen LogP contribution is -2.41. The van der Waals surface area contributed by atoms with Crippen molar-refractivity contribution in [1.29, 1.82) is 0 Å². The second-order valence-electron chi connectivity index (χ2n) is 6.18. The molecule has 3 atom stereocenters. The average Bonchev–Trinajstić information content (AvgIpc) is 2.91. The molecule has 1 aliphatic carbocycles. The number of rotatable bonds is 2. The maximum Gasteiger partial charge on any atom is 0.321 e. The van der Waals surface area contributed by atoms with Crippen LogP contribution in [0.4, 0.5) is 0 Å². The molecule has 0 bridgehead atoms. The van der Waals surface area contributed by atoms with E-state index in [-0.39, 0.29) is 24.4 Å². The summed E-state index contributed by atoms with van der Waals surface area (Å²) >= 11 is 0. The zero-order chi connectivity index (χ0) is 15.9. The zero-order valence-corrected chi connectivity index (χ0v) is 12.4. The lowest BCUT2D eigenvalue weighted by molar-refractivity contribution is -0.144. The van der Waals surface area contributed by atoms with E-state index in [2.05, 4.69) is 0 Å². The SMILES string of the molecule is [2H][C@@H]1CCC[C@H]2[C@@H]1OC(=O)C2(c1ccccc1)c1ccccc1. The molecular weight excluding hydrogens is 272 g/mol. The predicted octanol–water partition coefficient (Wildman–Crippen LogP) is 4.09. The molecular formula is C20H20O2. The maximum atomic E-state index is 13.1. The highest BCUT2D eigenvalue weighted by Crippen LogP contribution is 2.52. The molecule has 1 saturated carbocycles. The number of hydrogen-bond acceptors (Lipinski definition) is 2. The van der Waals surface area contributed by atoms with Crippen molar-refractivity contribution in [2.24, 2.45) is 5.92 Å². The third-order valence-corrected chi connectivity index (χ3v) is 5.09. The van der Waals surface area contributed by atoms with Gasteiger partial charge in [0.1, 0.15) is 11.5 Å². The fourth-order valence-corrected chi connectivity index (χ4v) is 4.14. The molecule has 4 rings (SSSR count). The highest BCUT2D eigenvalue weighted by Gasteiger charge is 2.59. The molecule has 2 aliphatic rings. The van der Waals surface area contributed by atoms with E-state index in [0.717, 1.165) is 30.4 Å². The smallest absolute Gasteiger partial charge is 0.321 e. The first-order valence-electron chi connectivity index (χ1n) is 8.56. The molecule has 2 aromatic carbocycles. The predicted molar refractivity (Wildman–Crippen MR) is 85.5 cm³/mol. The molecule has 0 N–H and O–H groups in total. The van der Waals surface area contributed by atoms with Crippen molar-refractivity contribution in [3.05, 3.63) is 71.8 Å². The molecule has 2 nitrogen and oxygen atoms in total. The van der Waals surface area contributed by atoms with Crippen LogP contribution >= 0.6 is 0 Å². The van der Waals surface area contributed by atoms with Crippen LogP contribution in [0, 0.1) is 5.92 Å². The second-order valence-corrected chi connectivity index (χ2v) is 6.18. The van der Waals surface area contributed by atoms with Gasteiger partial charge in [0, 0.05) is 7.29 Å². The van der Waals surface area contributed by atoms with Gasteiger partial charge >= 0.3 is 5.97 Å². The summed E-state index contributed by atoms with van der Waals surface area (Å²) in [7, 11) is 0. The van der Waals surface area contributed by atoms with Crippen LogP contribution in [0.5, 0.6) is 0 Å². The van der Waals surface area contributed by atoms with E-state index < -0.39 is 5.41 Å². The van der Waals surface area contributed by atoms with E-state index in [1.165, 1.54) is 0 Å². The first-order chi connectivity index (χ1) is 11.2. The standard InChI is InChI=1S/C20H20O2/c21-19-20(15-9-3-1-4-10-15,16-11-5-2-6-12-16)17-13-7-8-14-18(17)22-19/h1-6,9-12,17-18H,7-8,13-14H2/t17-,18+/m0/s1/i14D/t14-,17+,18-/m1. The van der Waals surface area contributed by atoms with Crippen molar-refractivity contribution in [3.63, 3.8) is 0 Å². The Morgan fingerprint density at radius 2 is 1.55 bits per heavy atom. The summed E-state index contributed by atoms with van der Waals surface area (Å²) in [5, 5.41) is 0. The van der Waals surface area contributed by atoms with Gasteiger partial charge in [0.25, 0.3) is 0 Å². The number of carbonyl (C=O) groups excluding carboxylic acids is 1. The van der Waals surface area contributed by atoms with E-state index >= 15 is 0 Å². The number of esters is 1. The summed E-state index contributed by atoms with van der Waals surface area (Å²) in [5.74, 6) is -0.153. The number of fused-ring (bicyclic) bond motifs is 1. The first kappa shape index (κ1) is 12.5. The van der Waals surface area contributed by atoms with Crippen molar-refractivity contribution >= 4 is 5.97 Å². The summed E-state index contributed by atoms with van der Waals surface area (Å²) in [6.07, 6.45) is 2.11. The molecule has 0 amide bonds. The van der Waals surface area contributed by atoms with Crippen LogP contribution in [-0.2, 0) is 14.9 Å². The van der Waals surface area contributed by atoms with Gasteiger partial charge in [-0.3, -0.25) is 4.79 Å². The minimum Gasteiger partial charge on any atom is -0.461 e. The molecule has 112 valence electrons. The first-order valence-corrected chi connectivity index (χ1v) is 7.99. The van der Waals surface area contributed by atoms with Crippen LogP contribution in [0.3, 0.4) is 0 Å². The van der Waals surface area contributed by atoms with Gasteiger partial charge in [0.15, 0.2) is 0 Å². The van der Waals surface area contributed by atoms with Crippen LogP contribution in [-0.4, -0.2) is 12.1 Å².